The highest BCUT2D eigenvalue weighted by Gasteiger charge is 2.35. The molecule has 0 radical (unpaired) electrons. The third kappa shape index (κ3) is 3.54. The first-order valence-electron chi connectivity index (χ1n) is 6.66. The number of benzene rings is 2. The van der Waals surface area contributed by atoms with Crippen molar-refractivity contribution in [1.29, 1.82) is 5.26 Å². The number of hydrogen-bond donors (Lipinski definition) is 2. The SMILES string of the molecule is C=C(C#N)S(=O)(=O)c1ccc(C(F)(F)F)c(-c2cc(O)c(O)c(Br)c2)c1. The number of rotatable bonds is 3. The van der Waals surface area contributed by atoms with E-state index in [2.05, 4.69) is 22.5 Å². The summed E-state index contributed by atoms with van der Waals surface area (Å²) in [6, 6.07) is 5.32. The van der Waals surface area contributed by atoms with Crippen molar-refractivity contribution in [2.75, 3.05) is 0 Å². The Balaban J connectivity index is 2.84. The lowest BCUT2D eigenvalue weighted by molar-refractivity contribution is -0.137. The van der Waals surface area contributed by atoms with E-state index in [4.69, 9.17) is 5.26 Å². The van der Waals surface area contributed by atoms with E-state index in [1.807, 2.05) is 0 Å². The minimum absolute atomic E-state index is 0.0877. The number of alkyl halides is 3. The van der Waals surface area contributed by atoms with Crippen LogP contribution in [0.5, 0.6) is 11.5 Å². The molecule has 0 aliphatic rings. The van der Waals surface area contributed by atoms with Gasteiger partial charge in [-0.25, -0.2) is 8.42 Å². The molecule has 0 saturated carbocycles. The number of hydrogen-bond acceptors (Lipinski definition) is 5. The van der Waals surface area contributed by atoms with Gasteiger partial charge in [0, 0.05) is 0 Å². The highest BCUT2D eigenvalue weighted by Crippen LogP contribution is 2.43. The van der Waals surface area contributed by atoms with Crippen molar-refractivity contribution in [3.05, 3.63) is 51.9 Å². The Morgan fingerprint density at radius 3 is 2.31 bits per heavy atom. The summed E-state index contributed by atoms with van der Waals surface area (Å²) in [5.41, 5.74) is -1.91. The summed E-state index contributed by atoms with van der Waals surface area (Å²) in [5, 5.41) is 27.9. The Morgan fingerprint density at radius 2 is 1.81 bits per heavy atom. The Kier molecular flexibility index (Phi) is 5.07. The molecule has 0 aromatic heterocycles. The second-order valence-electron chi connectivity index (χ2n) is 5.07. The normalized spacial score (nSPS) is 11.8. The van der Waals surface area contributed by atoms with Crippen LogP contribution in [0.15, 0.2) is 51.2 Å². The molecule has 2 N–H and O–H groups in total. The third-order valence-corrected chi connectivity index (χ3v) is 5.63. The Hall–Kier alpha value is -2.51. The Labute approximate surface area is 154 Å². The van der Waals surface area contributed by atoms with Gasteiger partial charge in [0.15, 0.2) is 11.5 Å². The van der Waals surface area contributed by atoms with Crippen molar-refractivity contribution in [1.82, 2.24) is 0 Å². The maximum atomic E-state index is 13.3. The van der Waals surface area contributed by atoms with Crippen molar-refractivity contribution in [3.63, 3.8) is 0 Å². The summed E-state index contributed by atoms with van der Waals surface area (Å²) in [6.45, 7) is 3.08. The van der Waals surface area contributed by atoms with Gasteiger partial charge in [-0.3, -0.25) is 0 Å². The van der Waals surface area contributed by atoms with Gasteiger partial charge >= 0.3 is 6.18 Å². The minimum atomic E-state index is -4.82. The van der Waals surface area contributed by atoms with E-state index < -0.39 is 48.4 Å². The molecule has 5 nitrogen and oxygen atoms in total. The van der Waals surface area contributed by atoms with Crippen LogP contribution in [0.4, 0.5) is 13.2 Å². The van der Waals surface area contributed by atoms with Crippen molar-refractivity contribution in [2.45, 2.75) is 11.1 Å². The molecule has 2 rings (SSSR count). The molecule has 136 valence electrons. The molecule has 0 amide bonds. The largest absolute Gasteiger partial charge is 0.504 e. The van der Waals surface area contributed by atoms with Crippen LogP contribution in [0.3, 0.4) is 0 Å². The number of nitrogens with zero attached hydrogens (tertiary/aromatic N) is 1. The van der Waals surface area contributed by atoms with Crippen LogP contribution in [-0.4, -0.2) is 18.6 Å². The molecule has 0 aliphatic heterocycles. The summed E-state index contributed by atoms with van der Waals surface area (Å²) < 4.78 is 64.3. The van der Waals surface area contributed by atoms with Crippen molar-refractivity contribution in [2.24, 2.45) is 0 Å². The van der Waals surface area contributed by atoms with E-state index in [0.717, 1.165) is 24.3 Å². The number of aromatic hydroxyl groups is 2. The number of phenolic OH excluding ortho intramolecular Hbond substituents is 2. The first kappa shape index (κ1) is 19.8. The molecule has 0 heterocycles. The summed E-state index contributed by atoms with van der Waals surface area (Å²) in [5.74, 6) is -1.28. The fourth-order valence-electron chi connectivity index (χ4n) is 2.12. The van der Waals surface area contributed by atoms with Gasteiger partial charge in [-0.2, -0.15) is 18.4 Å². The minimum Gasteiger partial charge on any atom is -0.504 e. The van der Waals surface area contributed by atoms with E-state index in [-0.39, 0.29) is 10.0 Å². The van der Waals surface area contributed by atoms with E-state index in [9.17, 15) is 31.8 Å². The Bertz CT molecular complexity index is 1030. The van der Waals surface area contributed by atoms with Crippen molar-refractivity contribution >= 4 is 25.8 Å². The molecular weight excluding hydrogens is 439 g/mol. The van der Waals surface area contributed by atoms with Gasteiger partial charge in [-0.1, -0.05) is 6.58 Å². The molecule has 2 aromatic carbocycles. The van der Waals surface area contributed by atoms with Gasteiger partial charge < -0.3 is 10.2 Å². The second-order valence-corrected chi connectivity index (χ2v) is 7.89. The van der Waals surface area contributed by atoms with Crippen molar-refractivity contribution < 1.29 is 31.8 Å². The van der Waals surface area contributed by atoms with Crippen LogP contribution < -0.4 is 0 Å². The number of sulfone groups is 1. The van der Waals surface area contributed by atoms with Gasteiger partial charge in [0.2, 0.25) is 9.84 Å². The number of allylic oxidation sites excluding steroid dienone is 1. The van der Waals surface area contributed by atoms with Crippen LogP contribution >= 0.6 is 15.9 Å². The topological polar surface area (TPSA) is 98.4 Å². The van der Waals surface area contributed by atoms with Crippen LogP contribution in [0.25, 0.3) is 11.1 Å². The maximum Gasteiger partial charge on any atom is 0.417 e. The molecule has 0 atom stereocenters. The van der Waals surface area contributed by atoms with E-state index in [1.165, 1.54) is 6.07 Å². The zero-order valence-corrected chi connectivity index (χ0v) is 15.1. The zero-order chi connectivity index (χ0) is 19.9. The molecule has 10 heteroatoms. The summed E-state index contributed by atoms with van der Waals surface area (Å²) in [7, 11) is -4.36. The summed E-state index contributed by atoms with van der Waals surface area (Å²) in [4.78, 5) is -1.38. The van der Waals surface area contributed by atoms with Crippen LogP contribution in [-0.2, 0) is 16.0 Å². The highest BCUT2D eigenvalue weighted by atomic mass is 79.9. The summed E-state index contributed by atoms with van der Waals surface area (Å²) in [6.07, 6.45) is -4.82. The maximum absolute atomic E-state index is 13.3. The lowest BCUT2D eigenvalue weighted by Crippen LogP contribution is -2.09. The first-order chi connectivity index (χ1) is 11.9. The fourth-order valence-corrected chi connectivity index (χ4v) is 3.49. The van der Waals surface area contributed by atoms with Gasteiger partial charge in [0.1, 0.15) is 11.0 Å². The predicted molar refractivity (Wildman–Crippen MR) is 89.8 cm³/mol. The van der Waals surface area contributed by atoms with Crippen LogP contribution in [0, 0.1) is 11.3 Å². The molecule has 0 unspecified atom stereocenters. The van der Waals surface area contributed by atoms with Gasteiger partial charge in [0.25, 0.3) is 0 Å². The van der Waals surface area contributed by atoms with E-state index >= 15 is 0 Å². The summed E-state index contributed by atoms with van der Waals surface area (Å²) >= 11 is 2.89. The molecule has 0 bridgehead atoms. The third-order valence-electron chi connectivity index (χ3n) is 3.41. The number of halogens is 4. The van der Waals surface area contributed by atoms with Gasteiger partial charge in [-0.15, -0.1) is 0 Å². The molecular formula is C16H9BrF3NO4S. The molecule has 0 saturated heterocycles. The lowest BCUT2D eigenvalue weighted by atomic mass is 9.99. The zero-order valence-electron chi connectivity index (χ0n) is 12.7. The standard InChI is InChI=1S/C16H9BrF3NO4S/c1-8(7-21)26(24,25)10-2-3-12(16(18,19)20)11(6-10)9-4-13(17)15(23)14(22)5-9/h2-6,22-23H,1H2. The monoisotopic (exact) mass is 447 g/mol. The quantitative estimate of drug-likeness (QED) is 0.537. The number of nitriles is 1. The van der Waals surface area contributed by atoms with Gasteiger partial charge in [0.05, 0.1) is 14.9 Å². The predicted octanol–water partition coefficient (Wildman–Crippen LogP) is 4.36. The second kappa shape index (κ2) is 6.66. The van der Waals surface area contributed by atoms with Crippen LogP contribution in [0.1, 0.15) is 5.56 Å². The first-order valence-corrected chi connectivity index (χ1v) is 8.94. The molecule has 2 aromatic rings. The average molecular weight is 448 g/mol. The van der Waals surface area contributed by atoms with E-state index in [1.54, 1.807) is 0 Å². The fraction of sp³-hybridized carbons (Fsp3) is 0.0625. The highest BCUT2D eigenvalue weighted by molar-refractivity contribution is 9.10. The molecule has 26 heavy (non-hydrogen) atoms. The van der Waals surface area contributed by atoms with Gasteiger partial charge in [-0.05, 0) is 57.4 Å². The molecule has 0 aliphatic carbocycles. The molecule has 0 spiro atoms. The van der Waals surface area contributed by atoms with Crippen molar-refractivity contribution in [3.8, 4) is 28.7 Å². The lowest BCUT2D eigenvalue weighted by Gasteiger charge is -2.15. The Morgan fingerprint density at radius 1 is 1.19 bits per heavy atom. The van der Waals surface area contributed by atoms with E-state index in [0.29, 0.717) is 6.07 Å². The smallest absolute Gasteiger partial charge is 0.417 e. The average Bonchev–Trinajstić information content (AvgIpc) is 2.56. The number of phenols is 2. The van der Waals surface area contributed by atoms with Crippen LogP contribution in [0.2, 0.25) is 0 Å². The molecule has 0 fully saturated rings.